The van der Waals surface area contributed by atoms with Crippen molar-refractivity contribution in [3.05, 3.63) is 53.1 Å². The van der Waals surface area contributed by atoms with Crippen molar-refractivity contribution >= 4 is 0 Å². The predicted molar refractivity (Wildman–Crippen MR) is 73.6 cm³/mol. The molecule has 0 N–H and O–H groups in total. The van der Waals surface area contributed by atoms with Gasteiger partial charge in [0.1, 0.15) is 12.1 Å². The van der Waals surface area contributed by atoms with Crippen LogP contribution >= 0.6 is 0 Å². The molecule has 2 aromatic rings. The summed E-state index contributed by atoms with van der Waals surface area (Å²) in [6.07, 6.45) is 4.84. The van der Waals surface area contributed by atoms with E-state index in [1.54, 1.807) is 6.33 Å². The Balaban J connectivity index is 1.79. The summed E-state index contributed by atoms with van der Waals surface area (Å²) in [5, 5.41) is 18.1. The van der Waals surface area contributed by atoms with Crippen LogP contribution in [0.15, 0.2) is 30.6 Å². The second-order valence-corrected chi connectivity index (χ2v) is 5.20. The lowest BCUT2D eigenvalue weighted by molar-refractivity contribution is 0.393. The number of hydrogen-bond acceptors (Lipinski definition) is 3. The molecule has 1 aromatic heterocycles. The zero-order valence-electron chi connectivity index (χ0n) is 11.1. The van der Waals surface area contributed by atoms with Gasteiger partial charge in [-0.1, -0.05) is 24.3 Å². The topological polar surface area (TPSA) is 65.4 Å². The average Bonchev–Trinajstić information content (AvgIpc) is 2.89. The molecular formula is C16H14N4. The first-order valence-corrected chi connectivity index (χ1v) is 6.74. The zero-order chi connectivity index (χ0) is 13.9. The molecule has 0 fully saturated rings. The summed E-state index contributed by atoms with van der Waals surface area (Å²) in [5.41, 5.74) is 3.45. The molecule has 0 bridgehead atoms. The highest BCUT2D eigenvalue weighted by Crippen LogP contribution is 2.26. The summed E-state index contributed by atoms with van der Waals surface area (Å²) in [6.45, 7) is 0.756. The molecule has 4 heteroatoms. The van der Waals surface area contributed by atoms with Crippen molar-refractivity contribution in [1.82, 2.24) is 9.55 Å². The Bertz CT molecular complexity index is 715. The maximum absolute atomic E-state index is 9.14. The summed E-state index contributed by atoms with van der Waals surface area (Å²) >= 11 is 0. The standard InChI is InChI=1S/C16H14N4/c17-8-15-16(9-18)20(11-19-15)10-12-5-6-13-3-1-2-4-14(13)7-12/h1-4,11-12H,5-7,10H2. The van der Waals surface area contributed by atoms with Crippen LogP contribution in [0.5, 0.6) is 0 Å². The van der Waals surface area contributed by atoms with E-state index in [1.807, 2.05) is 10.6 Å². The van der Waals surface area contributed by atoms with Crippen LogP contribution in [0.2, 0.25) is 0 Å². The van der Waals surface area contributed by atoms with E-state index in [4.69, 9.17) is 10.5 Å². The van der Waals surface area contributed by atoms with E-state index in [0.717, 1.165) is 25.8 Å². The van der Waals surface area contributed by atoms with E-state index in [0.29, 0.717) is 11.6 Å². The third-order valence-corrected chi connectivity index (χ3v) is 3.95. The van der Waals surface area contributed by atoms with E-state index in [1.165, 1.54) is 11.1 Å². The SMILES string of the molecule is N#Cc1ncn(CC2CCc3ccccc3C2)c1C#N. The molecule has 1 atom stereocenters. The van der Waals surface area contributed by atoms with Gasteiger partial charge in [-0.3, -0.25) is 0 Å². The van der Waals surface area contributed by atoms with Gasteiger partial charge in [0.15, 0.2) is 11.4 Å². The molecule has 0 saturated heterocycles. The van der Waals surface area contributed by atoms with Crippen molar-refractivity contribution < 1.29 is 0 Å². The van der Waals surface area contributed by atoms with Crippen molar-refractivity contribution in [1.29, 1.82) is 10.5 Å². The first kappa shape index (κ1) is 12.4. The first-order chi connectivity index (χ1) is 9.81. The molecule has 1 unspecified atom stereocenters. The minimum atomic E-state index is 0.226. The average molecular weight is 262 g/mol. The number of fused-ring (bicyclic) bond motifs is 1. The fraction of sp³-hybridized carbons (Fsp3) is 0.312. The molecule has 1 aliphatic rings. The maximum Gasteiger partial charge on any atom is 0.176 e. The van der Waals surface area contributed by atoms with Crippen molar-refractivity contribution in [2.24, 2.45) is 5.92 Å². The summed E-state index contributed by atoms with van der Waals surface area (Å²) in [6, 6.07) is 12.6. The third kappa shape index (κ3) is 2.17. The van der Waals surface area contributed by atoms with Crippen LogP contribution in [0.4, 0.5) is 0 Å². The number of nitriles is 2. The van der Waals surface area contributed by atoms with Gasteiger partial charge < -0.3 is 4.57 Å². The largest absolute Gasteiger partial charge is 0.321 e. The monoisotopic (exact) mass is 262 g/mol. The van der Waals surface area contributed by atoms with Crippen molar-refractivity contribution in [2.45, 2.75) is 25.8 Å². The van der Waals surface area contributed by atoms with E-state index in [-0.39, 0.29) is 5.69 Å². The van der Waals surface area contributed by atoms with Gasteiger partial charge in [0.05, 0.1) is 6.33 Å². The molecule has 1 heterocycles. The van der Waals surface area contributed by atoms with Crippen molar-refractivity contribution in [2.75, 3.05) is 0 Å². The highest BCUT2D eigenvalue weighted by molar-refractivity contribution is 5.36. The van der Waals surface area contributed by atoms with E-state index >= 15 is 0 Å². The number of hydrogen-bond donors (Lipinski definition) is 0. The van der Waals surface area contributed by atoms with Crippen molar-refractivity contribution in [3.8, 4) is 12.1 Å². The Morgan fingerprint density at radius 2 is 2.00 bits per heavy atom. The Morgan fingerprint density at radius 3 is 2.75 bits per heavy atom. The fourth-order valence-corrected chi connectivity index (χ4v) is 2.93. The molecule has 98 valence electrons. The number of aromatic nitrogens is 2. The minimum Gasteiger partial charge on any atom is -0.321 e. The highest BCUT2D eigenvalue weighted by Gasteiger charge is 2.20. The minimum absolute atomic E-state index is 0.226. The number of imidazole rings is 1. The van der Waals surface area contributed by atoms with Gasteiger partial charge in [-0.15, -0.1) is 0 Å². The molecule has 20 heavy (non-hydrogen) atoms. The number of rotatable bonds is 2. The zero-order valence-corrected chi connectivity index (χ0v) is 11.1. The van der Waals surface area contributed by atoms with Gasteiger partial charge in [-0.05, 0) is 36.3 Å². The third-order valence-electron chi connectivity index (χ3n) is 3.95. The Kier molecular flexibility index (Phi) is 3.23. The lowest BCUT2D eigenvalue weighted by Gasteiger charge is -2.24. The van der Waals surface area contributed by atoms with Gasteiger partial charge in [-0.25, -0.2) is 4.98 Å². The summed E-state index contributed by atoms with van der Waals surface area (Å²) in [4.78, 5) is 3.99. The highest BCUT2D eigenvalue weighted by atomic mass is 15.1. The molecule has 3 rings (SSSR count). The summed E-state index contributed by atoms with van der Waals surface area (Å²) in [5.74, 6) is 0.498. The molecular weight excluding hydrogens is 248 g/mol. The van der Waals surface area contributed by atoms with Gasteiger partial charge in [0.25, 0.3) is 0 Å². The Morgan fingerprint density at radius 1 is 1.20 bits per heavy atom. The maximum atomic E-state index is 9.14. The smallest absolute Gasteiger partial charge is 0.176 e. The number of benzene rings is 1. The summed E-state index contributed by atoms with van der Waals surface area (Å²) in [7, 11) is 0. The van der Waals surface area contributed by atoms with Crippen LogP contribution in [-0.2, 0) is 19.4 Å². The van der Waals surface area contributed by atoms with Crippen LogP contribution in [0, 0.1) is 28.6 Å². The van der Waals surface area contributed by atoms with E-state index in [9.17, 15) is 0 Å². The quantitative estimate of drug-likeness (QED) is 0.834. The van der Waals surface area contributed by atoms with Crippen LogP contribution in [0.1, 0.15) is 28.9 Å². The molecule has 0 amide bonds. The van der Waals surface area contributed by atoms with Gasteiger partial charge >= 0.3 is 0 Å². The molecule has 0 aliphatic heterocycles. The number of nitrogens with zero attached hydrogens (tertiary/aromatic N) is 4. The van der Waals surface area contributed by atoms with Crippen LogP contribution in [0.3, 0.4) is 0 Å². The molecule has 0 spiro atoms. The Labute approximate surface area is 117 Å². The Hall–Kier alpha value is -2.59. The van der Waals surface area contributed by atoms with Crippen LogP contribution in [-0.4, -0.2) is 9.55 Å². The predicted octanol–water partition coefficient (Wildman–Crippen LogP) is 2.43. The fourth-order valence-electron chi connectivity index (χ4n) is 2.93. The molecule has 1 aromatic carbocycles. The second kappa shape index (κ2) is 5.19. The molecule has 1 aliphatic carbocycles. The number of aryl methyl sites for hydroxylation is 1. The van der Waals surface area contributed by atoms with Gasteiger partial charge in [-0.2, -0.15) is 10.5 Å². The lowest BCUT2D eigenvalue weighted by atomic mass is 9.84. The van der Waals surface area contributed by atoms with Gasteiger partial charge in [0.2, 0.25) is 0 Å². The summed E-state index contributed by atoms with van der Waals surface area (Å²) < 4.78 is 1.82. The first-order valence-electron chi connectivity index (χ1n) is 6.74. The second-order valence-electron chi connectivity index (χ2n) is 5.20. The molecule has 4 nitrogen and oxygen atoms in total. The molecule has 0 radical (unpaired) electrons. The van der Waals surface area contributed by atoms with Crippen LogP contribution in [0.25, 0.3) is 0 Å². The van der Waals surface area contributed by atoms with Crippen LogP contribution < -0.4 is 0 Å². The van der Waals surface area contributed by atoms with Gasteiger partial charge in [0, 0.05) is 6.54 Å². The molecule has 0 saturated carbocycles. The van der Waals surface area contributed by atoms with Crippen molar-refractivity contribution in [3.63, 3.8) is 0 Å². The van der Waals surface area contributed by atoms with E-state index in [2.05, 4.69) is 35.3 Å². The lowest BCUT2D eigenvalue weighted by Crippen LogP contribution is -2.19. The van der Waals surface area contributed by atoms with E-state index < -0.39 is 0 Å². The normalized spacial score (nSPS) is 17.0.